The SMILES string of the molecule is O=C(NCCO)C(Cc1cscn1)CN1CCC2(CC1)OCC1=C2C=CCC1. The summed E-state index contributed by atoms with van der Waals surface area (Å²) in [6.07, 6.45) is 9.43. The van der Waals surface area contributed by atoms with Crippen molar-refractivity contribution in [1.82, 2.24) is 15.2 Å². The molecule has 1 aliphatic carbocycles. The molecule has 0 saturated carbocycles. The number of piperidine rings is 1. The van der Waals surface area contributed by atoms with E-state index in [-0.39, 0.29) is 24.0 Å². The van der Waals surface area contributed by atoms with Crippen molar-refractivity contribution < 1.29 is 14.6 Å². The smallest absolute Gasteiger partial charge is 0.224 e. The van der Waals surface area contributed by atoms with Crippen LogP contribution >= 0.6 is 11.3 Å². The van der Waals surface area contributed by atoms with E-state index >= 15 is 0 Å². The molecule has 1 spiro atoms. The maximum Gasteiger partial charge on any atom is 0.224 e. The highest BCUT2D eigenvalue weighted by atomic mass is 32.1. The Morgan fingerprint density at radius 1 is 1.43 bits per heavy atom. The van der Waals surface area contributed by atoms with Crippen molar-refractivity contribution in [2.24, 2.45) is 5.92 Å². The first-order valence-electron chi connectivity index (χ1n) is 10.2. The topological polar surface area (TPSA) is 74.7 Å². The molecule has 28 heavy (non-hydrogen) atoms. The molecule has 6 nitrogen and oxygen atoms in total. The van der Waals surface area contributed by atoms with Gasteiger partial charge in [-0.05, 0) is 36.8 Å². The van der Waals surface area contributed by atoms with E-state index in [1.807, 2.05) is 10.9 Å². The zero-order chi connectivity index (χ0) is 19.4. The lowest BCUT2D eigenvalue weighted by Gasteiger charge is -2.41. The second-order valence-electron chi connectivity index (χ2n) is 7.94. The number of hydrogen-bond acceptors (Lipinski definition) is 6. The summed E-state index contributed by atoms with van der Waals surface area (Å²) in [5.74, 6) is -0.156. The van der Waals surface area contributed by atoms with Crippen molar-refractivity contribution in [3.05, 3.63) is 39.9 Å². The van der Waals surface area contributed by atoms with E-state index < -0.39 is 0 Å². The molecule has 4 rings (SSSR count). The van der Waals surface area contributed by atoms with Crippen molar-refractivity contribution >= 4 is 17.2 Å². The Hall–Kier alpha value is -1.54. The van der Waals surface area contributed by atoms with Crippen LogP contribution in [-0.2, 0) is 16.0 Å². The summed E-state index contributed by atoms with van der Waals surface area (Å²) in [5, 5.41) is 13.9. The minimum Gasteiger partial charge on any atom is -0.395 e. The van der Waals surface area contributed by atoms with E-state index in [2.05, 4.69) is 27.4 Å². The fourth-order valence-electron chi connectivity index (χ4n) is 4.61. The van der Waals surface area contributed by atoms with Crippen LogP contribution in [0.2, 0.25) is 0 Å². The number of hydrogen-bond donors (Lipinski definition) is 2. The predicted molar refractivity (Wildman–Crippen MR) is 109 cm³/mol. The number of aliphatic hydroxyl groups is 1. The Labute approximate surface area is 170 Å². The molecule has 1 aromatic heterocycles. The summed E-state index contributed by atoms with van der Waals surface area (Å²) in [6, 6.07) is 0. The Bertz CT molecular complexity index is 736. The van der Waals surface area contributed by atoms with Gasteiger partial charge in [-0.15, -0.1) is 11.3 Å². The number of rotatable bonds is 7. The number of likely N-dealkylation sites (tertiary alicyclic amines) is 1. The zero-order valence-electron chi connectivity index (χ0n) is 16.2. The molecule has 0 bridgehead atoms. The largest absolute Gasteiger partial charge is 0.395 e. The van der Waals surface area contributed by atoms with Crippen LogP contribution in [0.3, 0.4) is 0 Å². The summed E-state index contributed by atoms with van der Waals surface area (Å²) in [7, 11) is 0. The average molecular weight is 404 g/mol. The number of aromatic nitrogens is 1. The zero-order valence-corrected chi connectivity index (χ0v) is 17.0. The first-order chi connectivity index (χ1) is 13.7. The molecule has 0 aromatic carbocycles. The Morgan fingerprint density at radius 2 is 2.29 bits per heavy atom. The maximum atomic E-state index is 12.6. The molecule has 152 valence electrons. The van der Waals surface area contributed by atoms with Gasteiger partial charge in [0.05, 0.1) is 35.9 Å². The van der Waals surface area contributed by atoms with E-state index in [0.717, 1.165) is 51.1 Å². The van der Waals surface area contributed by atoms with Gasteiger partial charge in [-0.25, -0.2) is 4.98 Å². The fourth-order valence-corrected chi connectivity index (χ4v) is 5.19. The van der Waals surface area contributed by atoms with Crippen LogP contribution in [0.15, 0.2) is 34.2 Å². The maximum absolute atomic E-state index is 12.6. The van der Waals surface area contributed by atoms with Gasteiger partial charge in [0, 0.05) is 38.0 Å². The molecular formula is C21H29N3O3S. The molecule has 7 heteroatoms. The normalized spacial score (nSPS) is 22.5. The first kappa shape index (κ1) is 19.8. The van der Waals surface area contributed by atoms with Gasteiger partial charge in [-0.3, -0.25) is 4.79 Å². The van der Waals surface area contributed by atoms with Gasteiger partial charge in [-0.1, -0.05) is 12.2 Å². The van der Waals surface area contributed by atoms with E-state index in [1.165, 1.54) is 11.1 Å². The van der Waals surface area contributed by atoms with Gasteiger partial charge >= 0.3 is 0 Å². The van der Waals surface area contributed by atoms with Crippen molar-refractivity contribution in [3.8, 4) is 0 Å². The van der Waals surface area contributed by atoms with Crippen LogP contribution in [0.5, 0.6) is 0 Å². The number of nitrogens with one attached hydrogen (secondary N) is 1. The van der Waals surface area contributed by atoms with Crippen molar-refractivity contribution in [2.75, 3.05) is 39.4 Å². The van der Waals surface area contributed by atoms with E-state index in [4.69, 9.17) is 9.84 Å². The summed E-state index contributed by atoms with van der Waals surface area (Å²) in [4.78, 5) is 19.4. The molecular weight excluding hydrogens is 374 g/mol. The monoisotopic (exact) mass is 403 g/mol. The third-order valence-corrected chi connectivity index (χ3v) is 6.79. The number of carbonyl (C=O) groups excluding carboxylic acids is 1. The lowest BCUT2D eigenvalue weighted by atomic mass is 9.80. The fraction of sp³-hybridized carbons (Fsp3) is 0.619. The third kappa shape index (κ3) is 4.22. The van der Waals surface area contributed by atoms with Gasteiger partial charge in [0.2, 0.25) is 5.91 Å². The van der Waals surface area contributed by atoms with Gasteiger partial charge in [0.25, 0.3) is 0 Å². The number of nitrogens with zero attached hydrogens (tertiary/aromatic N) is 2. The molecule has 2 N–H and O–H groups in total. The minimum atomic E-state index is -0.156. The highest BCUT2D eigenvalue weighted by molar-refractivity contribution is 7.07. The Kier molecular flexibility index (Phi) is 6.25. The molecule has 1 unspecified atom stereocenters. The molecule has 3 aliphatic rings. The second kappa shape index (κ2) is 8.86. The van der Waals surface area contributed by atoms with Crippen LogP contribution in [-0.4, -0.2) is 65.9 Å². The quantitative estimate of drug-likeness (QED) is 0.728. The van der Waals surface area contributed by atoms with Crippen molar-refractivity contribution in [1.29, 1.82) is 0 Å². The first-order valence-corrected chi connectivity index (χ1v) is 11.2. The number of fused-ring (bicyclic) bond motifs is 1. The van der Waals surface area contributed by atoms with Crippen LogP contribution in [0.4, 0.5) is 0 Å². The molecule has 1 aromatic rings. The summed E-state index contributed by atoms with van der Waals surface area (Å²) >= 11 is 1.56. The van der Waals surface area contributed by atoms with E-state index in [0.29, 0.717) is 19.5 Å². The van der Waals surface area contributed by atoms with Crippen LogP contribution < -0.4 is 5.32 Å². The Morgan fingerprint density at radius 3 is 3.04 bits per heavy atom. The summed E-state index contributed by atoms with van der Waals surface area (Å²) in [5.41, 5.74) is 5.58. The summed E-state index contributed by atoms with van der Waals surface area (Å²) < 4.78 is 6.30. The number of carbonyl (C=O) groups is 1. The number of ether oxygens (including phenoxy) is 1. The average Bonchev–Trinajstić information content (AvgIpc) is 3.36. The number of aliphatic hydroxyl groups excluding tert-OH is 1. The van der Waals surface area contributed by atoms with Crippen LogP contribution in [0.25, 0.3) is 0 Å². The predicted octanol–water partition coefficient (Wildman–Crippen LogP) is 1.92. The molecule has 1 atom stereocenters. The number of allylic oxidation sites excluding steroid dienone is 1. The van der Waals surface area contributed by atoms with Gasteiger partial charge in [-0.2, -0.15) is 0 Å². The Balaban J connectivity index is 1.38. The second-order valence-corrected chi connectivity index (χ2v) is 8.66. The lowest BCUT2D eigenvalue weighted by Crippen LogP contribution is -2.49. The summed E-state index contributed by atoms with van der Waals surface area (Å²) in [6.45, 7) is 3.63. The van der Waals surface area contributed by atoms with Gasteiger partial charge in [0.1, 0.15) is 0 Å². The lowest BCUT2D eigenvalue weighted by molar-refractivity contribution is -0.126. The van der Waals surface area contributed by atoms with Gasteiger partial charge in [0.15, 0.2) is 0 Å². The van der Waals surface area contributed by atoms with Gasteiger partial charge < -0.3 is 20.1 Å². The van der Waals surface area contributed by atoms with E-state index in [1.54, 1.807) is 11.3 Å². The standard InChI is InChI=1S/C21H29N3O3S/c25-10-7-22-20(26)17(11-18-14-28-15-23-18)12-24-8-5-21(6-9-24)19-4-2-1-3-16(19)13-27-21/h2,4,14-15,17,25H,1,3,5-13H2,(H,22,26). The minimum absolute atomic E-state index is 0.000313. The molecule has 0 radical (unpaired) electrons. The van der Waals surface area contributed by atoms with Crippen LogP contribution in [0.1, 0.15) is 31.4 Å². The highest BCUT2D eigenvalue weighted by Crippen LogP contribution is 2.43. The van der Waals surface area contributed by atoms with E-state index in [9.17, 15) is 4.79 Å². The van der Waals surface area contributed by atoms with Crippen LogP contribution in [0, 0.1) is 5.92 Å². The highest BCUT2D eigenvalue weighted by Gasteiger charge is 2.44. The number of amides is 1. The molecule has 2 aliphatic heterocycles. The van der Waals surface area contributed by atoms with Crippen molar-refractivity contribution in [2.45, 2.75) is 37.7 Å². The molecule has 3 heterocycles. The third-order valence-electron chi connectivity index (χ3n) is 6.15. The molecule has 1 fully saturated rings. The number of thiazole rings is 1. The molecule has 1 amide bonds. The molecule has 1 saturated heterocycles. The van der Waals surface area contributed by atoms with Crippen molar-refractivity contribution in [3.63, 3.8) is 0 Å².